The first-order chi connectivity index (χ1) is 9.76. The second-order valence-electron chi connectivity index (χ2n) is 4.76. The topological polar surface area (TPSA) is 68.2 Å². The molecule has 2 rings (SSSR count). The third-order valence-corrected chi connectivity index (χ3v) is 3.52. The highest BCUT2D eigenvalue weighted by molar-refractivity contribution is 6.31. The maximum atomic E-state index is 6.03. The van der Waals surface area contributed by atoms with E-state index >= 15 is 0 Å². The van der Waals surface area contributed by atoms with Gasteiger partial charge in [0.1, 0.15) is 0 Å². The summed E-state index contributed by atoms with van der Waals surface area (Å²) in [6, 6.07) is 7.87. The molecule has 5 heteroatoms. The van der Waals surface area contributed by atoms with E-state index in [9.17, 15) is 0 Å². The van der Waals surface area contributed by atoms with Gasteiger partial charge in [0, 0.05) is 35.4 Å². The molecule has 0 aliphatic heterocycles. The molecule has 0 aliphatic carbocycles. The van der Waals surface area contributed by atoms with Gasteiger partial charge in [0.2, 0.25) is 0 Å². The monoisotopic (exact) mass is 292 g/mol. The van der Waals surface area contributed by atoms with E-state index in [0.717, 1.165) is 36.8 Å². The van der Waals surface area contributed by atoms with Gasteiger partial charge in [0.25, 0.3) is 0 Å². The van der Waals surface area contributed by atoms with Gasteiger partial charge in [-0.1, -0.05) is 11.6 Å². The highest BCUT2D eigenvalue weighted by Crippen LogP contribution is 2.27. The summed E-state index contributed by atoms with van der Waals surface area (Å²) < 4.78 is 0. The molecule has 0 atom stereocenters. The Morgan fingerprint density at radius 3 is 2.40 bits per heavy atom. The Bertz CT molecular complexity index is 551. The predicted octanol–water partition coefficient (Wildman–Crippen LogP) is 2.39. The summed E-state index contributed by atoms with van der Waals surface area (Å²) in [7, 11) is 0. The highest BCUT2D eigenvalue weighted by Gasteiger charge is 2.10. The fraction of sp³-hybridized carbons (Fsp3) is 0.400. The van der Waals surface area contributed by atoms with Crippen molar-refractivity contribution in [1.29, 1.82) is 0 Å². The van der Waals surface area contributed by atoms with Crippen molar-refractivity contribution in [3.05, 3.63) is 35.5 Å². The van der Waals surface area contributed by atoms with E-state index in [1.165, 1.54) is 5.69 Å². The van der Waals surface area contributed by atoms with Crippen LogP contribution in [0.2, 0.25) is 5.02 Å². The SMILES string of the molecule is NCCCN(CCCN)c1ccnc2cc(Cl)ccc12. The average Bonchev–Trinajstić information content (AvgIpc) is 2.47. The first-order valence-corrected chi connectivity index (χ1v) is 7.33. The summed E-state index contributed by atoms with van der Waals surface area (Å²) in [4.78, 5) is 6.72. The number of benzene rings is 1. The molecule has 1 aromatic carbocycles. The van der Waals surface area contributed by atoms with Crippen molar-refractivity contribution in [1.82, 2.24) is 4.98 Å². The van der Waals surface area contributed by atoms with Gasteiger partial charge in [-0.05, 0) is 50.2 Å². The zero-order valence-electron chi connectivity index (χ0n) is 11.6. The molecule has 0 radical (unpaired) electrons. The smallest absolute Gasteiger partial charge is 0.0737 e. The Hall–Kier alpha value is -1.36. The van der Waals surface area contributed by atoms with Gasteiger partial charge in [-0.25, -0.2) is 0 Å². The van der Waals surface area contributed by atoms with Gasteiger partial charge >= 0.3 is 0 Å². The van der Waals surface area contributed by atoms with Crippen molar-refractivity contribution in [2.24, 2.45) is 11.5 Å². The van der Waals surface area contributed by atoms with E-state index in [1.807, 2.05) is 30.5 Å². The standard InChI is InChI=1S/C15H21ClN4/c16-12-3-4-13-14(11-12)19-8-5-15(13)20(9-1-6-17)10-2-7-18/h3-5,8,11H,1-2,6-7,9-10,17-18H2. The molecule has 0 bridgehead atoms. The molecular formula is C15H21ClN4. The number of nitrogens with zero attached hydrogens (tertiary/aromatic N) is 2. The number of aromatic nitrogens is 1. The van der Waals surface area contributed by atoms with E-state index in [1.54, 1.807) is 0 Å². The molecule has 0 unspecified atom stereocenters. The molecular weight excluding hydrogens is 272 g/mol. The van der Waals surface area contributed by atoms with E-state index < -0.39 is 0 Å². The van der Waals surface area contributed by atoms with Gasteiger partial charge in [-0.2, -0.15) is 0 Å². The largest absolute Gasteiger partial charge is 0.371 e. The Balaban J connectivity index is 2.35. The maximum Gasteiger partial charge on any atom is 0.0737 e. The van der Waals surface area contributed by atoms with Crippen LogP contribution in [0.1, 0.15) is 12.8 Å². The Labute approximate surface area is 124 Å². The van der Waals surface area contributed by atoms with Crippen LogP contribution < -0.4 is 16.4 Å². The van der Waals surface area contributed by atoms with Crippen LogP contribution in [-0.4, -0.2) is 31.2 Å². The summed E-state index contributed by atoms with van der Waals surface area (Å²) in [5, 5.41) is 1.82. The zero-order valence-corrected chi connectivity index (χ0v) is 12.3. The molecule has 2 aromatic rings. The summed E-state index contributed by atoms with van der Waals surface area (Å²) >= 11 is 6.03. The second-order valence-corrected chi connectivity index (χ2v) is 5.20. The lowest BCUT2D eigenvalue weighted by molar-refractivity contribution is 0.704. The van der Waals surface area contributed by atoms with E-state index in [0.29, 0.717) is 18.1 Å². The fourth-order valence-corrected chi connectivity index (χ4v) is 2.47. The number of rotatable bonds is 7. The van der Waals surface area contributed by atoms with E-state index in [4.69, 9.17) is 23.1 Å². The van der Waals surface area contributed by atoms with Crippen LogP contribution in [0, 0.1) is 0 Å². The van der Waals surface area contributed by atoms with Crippen molar-refractivity contribution in [3.63, 3.8) is 0 Å². The Morgan fingerprint density at radius 1 is 1.05 bits per heavy atom. The average molecular weight is 293 g/mol. The molecule has 0 aliphatic rings. The molecule has 4 nitrogen and oxygen atoms in total. The van der Waals surface area contributed by atoms with Gasteiger partial charge in [0.05, 0.1) is 5.52 Å². The molecule has 1 heterocycles. The van der Waals surface area contributed by atoms with Crippen LogP contribution in [0.5, 0.6) is 0 Å². The van der Waals surface area contributed by atoms with Crippen molar-refractivity contribution in [2.75, 3.05) is 31.1 Å². The van der Waals surface area contributed by atoms with Crippen LogP contribution in [0.3, 0.4) is 0 Å². The third kappa shape index (κ3) is 3.60. The number of halogens is 1. The van der Waals surface area contributed by atoms with Crippen LogP contribution in [0.25, 0.3) is 10.9 Å². The van der Waals surface area contributed by atoms with Crippen LogP contribution in [0.15, 0.2) is 30.5 Å². The van der Waals surface area contributed by atoms with Crippen LogP contribution in [-0.2, 0) is 0 Å². The number of pyridine rings is 1. The van der Waals surface area contributed by atoms with Gasteiger partial charge < -0.3 is 16.4 Å². The zero-order chi connectivity index (χ0) is 14.4. The lowest BCUT2D eigenvalue weighted by Gasteiger charge is -2.25. The number of fused-ring (bicyclic) bond motifs is 1. The third-order valence-electron chi connectivity index (χ3n) is 3.29. The van der Waals surface area contributed by atoms with E-state index in [2.05, 4.69) is 9.88 Å². The molecule has 4 N–H and O–H groups in total. The predicted molar refractivity (Wildman–Crippen MR) is 86.3 cm³/mol. The van der Waals surface area contributed by atoms with Gasteiger partial charge in [-0.15, -0.1) is 0 Å². The van der Waals surface area contributed by atoms with Crippen LogP contribution in [0.4, 0.5) is 5.69 Å². The van der Waals surface area contributed by atoms with E-state index in [-0.39, 0.29) is 0 Å². The molecule has 108 valence electrons. The number of hydrogen-bond acceptors (Lipinski definition) is 4. The van der Waals surface area contributed by atoms with Crippen LogP contribution >= 0.6 is 11.6 Å². The Morgan fingerprint density at radius 2 is 1.75 bits per heavy atom. The van der Waals surface area contributed by atoms with Crippen molar-refractivity contribution in [2.45, 2.75) is 12.8 Å². The fourth-order valence-electron chi connectivity index (χ4n) is 2.30. The summed E-state index contributed by atoms with van der Waals surface area (Å²) in [6.07, 6.45) is 3.75. The van der Waals surface area contributed by atoms with Crippen molar-refractivity contribution in [3.8, 4) is 0 Å². The van der Waals surface area contributed by atoms with Gasteiger partial charge in [-0.3, -0.25) is 4.98 Å². The van der Waals surface area contributed by atoms with Crippen molar-refractivity contribution >= 4 is 28.2 Å². The second kappa shape index (κ2) is 7.43. The normalized spacial score (nSPS) is 10.9. The lowest BCUT2D eigenvalue weighted by Crippen LogP contribution is -2.28. The molecule has 0 saturated carbocycles. The molecule has 0 fully saturated rings. The minimum Gasteiger partial charge on any atom is -0.371 e. The highest BCUT2D eigenvalue weighted by atomic mass is 35.5. The molecule has 0 saturated heterocycles. The molecule has 0 amide bonds. The molecule has 20 heavy (non-hydrogen) atoms. The number of nitrogens with two attached hydrogens (primary N) is 2. The summed E-state index contributed by atoms with van der Waals surface area (Å²) in [6.45, 7) is 3.23. The maximum absolute atomic E-state index is 6.03. The quantitative estimate of drug-likeness (QED) is 0.822. The van der Waals surface area contributed by atoms with Crippen molar-refractivity contribution < 1.29 is 0 Å². The van der Waals surface area contributed by atoms with Gasteiger partial charge in [0.15, 0.2) is 0 Å². The molecule has 1 aromatic heterocycles. The first-order valence-electron chi connectivity index (χ1n) is 6.95. The minimum absolute atomic E-state index is 0.688. The lowest BCUT2D eigenvalue weighted by atomic mass is 10.1. The summed E-state index contributed by atoms with van der Waals surface area (Å²) in [5.74, 6) is 0. The number of hydrogen-bond donors (Lipinski definition) is 2. The first kappa shape index (κ1) is 15.0. The Kier molecular flexibility index (Phi) is 5.59. The minimum atomic E-state index is 0.688. The number of anilines is 1. The summed E-state index contributed by atoms with van der Waals surface area (Å²) in [5.41, 5.74) is 13.4. The molecule has 0 spiro atoms.